The normalized spacial score (nSPS) is 13.3. The Bertz CT molecular complexity index is 576. The summed E-state index contributed by atoms with van der Waals surface area (Å²) in [5, 5.41) is 22.2. The van der Waals surface area contributed by atoms with Crippen LogP contribution in [-0.2, 0) is 11.3 Å². The van der Waals surface area contributed by atoms with Gasteiger partial charge in [-0.25, -0.2) is 4.79 Å². The van der Waals surface area contributed by atoms with Crippen LogP contribution in [0.25, 0.3) is 0 Å². The smallest absolute Gasteiger partial charge is 0.407 e. The number of nitrogens with one attached hydrogen (secondary N) is 1. The van der Waals surface area contributed by atoms with Gasteiger partial charge in [-0.15, -0.1) is 0 Å². The first-order chi connectivity index (χ1) is 15.2. The minimum Gasteiger partial charge on any atom is -0.445 e. The lowest BCUT2D eigenvalue weighted by molar-refractivity contribution is 0.0972. The maximum atomic E-state index is 11.9. The van der Waals surface area contributed by atoms with Gasteiger partial charge in [0, 0.05) is 0 Å². The molecule has 0 fully saturated rings. The van der Waals surface area contributed by atoms with Crippen molar-refractivity contribution in [3.8, 4) is 0 Å². The van der Waals surface area contributed by atoms with Gasteiger partial charge in [-0.3, -0.25) is 0 Å². The van der Waals surface area contributed by atoms with Crippen molar-refractivity contribution in [2.24, 2.45) is 0 Å². The van der Waals surface area contributed by atoms with Crippen molar-refractivity contribution in [2.45, 2.75) is 103 Å². The summed E-state index contributed by atoms with van der Waals surface area (Å²) in [6.07, 6.45) is 17.3. The van der Waals surface area contributed by atoms with E-state index in [1.807, 2.05) is 36.4 Å². The molecule has 2 atom stereocenters. The van der Waals surface area contributed by atoms with E-state index in [1.54, 1.807) is 6.08 Å². The zero-order valence-electron chi connectivity index (χ0n) is 19.3. The molecule has 0 unspecified atom stereocenters. The van der Waals surface area contributed by atoms with E-state index in [2.05, 4.69) is 12.2 Å². The van der Waals surface area contributed by atoms with Crippen LogP contribution in [0.15, 0.2) is 42.5 Å². The summed E-state index contributed by atoms with van der Waals surface area (Å²) < 4.78 is 5.14. The molecule has 1 rings (SSSR count). The first-order valence-electron chi connectivity index (χ1n) is 12.1. The van der Waals surface area contributed by atoms with Gasteiger partial charge in [-0.1, -0.05) is 114 Å². The van der Waals surface area contributed by atoms with Gasteiger partial charge in [0.25, 0.3) is 0 Å². The number of carbonyl (C=O) groups is 1. The number of rotatable bonds is 18. The van der Waals surface area contributed by atoms with Gasteiger partial charge in [0.05, 0.1) is 18.8 Å². The SMILES string of the molecule is CCCCCCCCCCCCC/C=C/[C@@H](O)[C@@H](CO)NC(=O)OCc1ccccc1. The van der Waals surface area contributed by atoms with Crippen LogP contribution in [0.4, 0.5) is 4.79 Å². The molecule has 0 aliphatic heterocycles. The van der Waals surface area contributed by atoms with Crippen molar-refractivity contribution in [3.05, 3.63) is 48.0 Å². The highest BCUT2D eigenvalue weighted by atomic mass is 16.5. The van der Waals surface area contributed by atoms with Crippen LogP contribution in [0.5, 0.6) is 0 Å². The predicted octanol–water partition coefficient (Wildman–Crippen LogP) is 5.89. The maximum absolute atomic E-state index is 11.9. The second-order valence-corrected chi connectivity index (χ2v) is 8.24. The lowest BCUT2D eigenvalue weighted by Crippen LogP contribution is -2.45. The first-order valence-corrected chi connectivity index (χ1v) is 12.1. The summed E-state index contributed by atoms with van der Waals surface area (Å²) >= 11 is 0. The third-order valence-electron chi connectivity index (χ3n) is 5.43. The molecule has 5 heteroatoms. The molecule has 0 aliphatic rings. The molecule has 1 aromatic rings. The number of allylic oxidation sites excluding steroid dienone is 1. The van der Waals surface area contributed by atoms with E-state index < -0.39 is 18.2 Å². The molecule has 176 valence electrons. The fourth-order valence-electron chi connectivity index (χ4n) is 3.45. The molecule has 0 bridgehead atoms. The summed E-state index contributed by atoms with van der Waals surface area (Å²) in [7, 11) is 0. The highest BCUT2D eigenvalue weighted by Crippen LogP contribution is 2.12. The van der Waals surface area contributed by atoms with Crippen LogP contribution >= 0.6 is 0 Å². The zero-order chi connectivity index (χ0) is 22.6. The fraction of sp³-hybridized carbons (Fsp3) is 0.654. The van der Waals surface area contributed by atoms with Crippen molar-refractivity contribution in [3.63, 3.8) is 0 Å². The molecule has 3 N–H and O–H groups in total. The second kappa shape index (κ2) is 18.9. The average Bonchev–Trinajstić information content (AvgIpc) is 2.79. The Labute approximate surface area is 188 Å². The highest BCUT2D eigenvalue weighted by molar-refractivity contribution is 5.67. The van der Waals surface area contributed by atoms with E-state index in [0.29, 0.717) is 0 Å². The Balaban J connectivity index is 2.07. The molecule has 0 saturated carbocycles. The van der Waals surface area contributed by atoms with Gasteiger partial charge in [-0.05, 0) is 18.4 Å². The molecular formula is C26H43NO4. The third kappa shape index (κ3) is 14.7. The van der Waals surface area contributed by atoms with Crippen LogP contribution in [0.3, 0.4) is 0 Å². The molecule has 1 amide bonds. The van der Waals surface area contributed by atoms with Gasteiger partial charge < -0.3 is 20.3 Å². The first kappa shape index (κ1) is 27.2. The number of hydrogen-bond acceptors (Lipinski definition) is 4. The van der Waals surface area contributed by atoms with Crippen LogP contribution < -0.4 is 5.32 Å². The molecule has 0 spiro atoms. The fourth-order valence-corrected chi connectivity index (χ4v) is 3.45. The number of ether oxygens (including phenoxy) is 1. The number of carbonyl (C=O) groups excluding carboxylic acids is 1. The molecular weight excluding hydrogens is 390 g/mol. The van der Waals surface area contributed by atoms with Crippen LogP contribution in [0.2, 0.25) is 0 Å². The Morgan fingerprint density at radius 3 is 2.13 bits per heavy atom. The minimum atomic E-state index is -0.943. The van der Waals surface area contributed by atoms with E-state index in [1.165, 1.54) is 64.2 Å². The van der Waals surface area contributed by atoms with Crippen molar-refractivity contribution in [1.29, 1.82) is 0 Å². The number of unbranched alkanes of at least 4 members (excludes halogenated alkanes) is 11. The van der Waals surface area contributed by atoms with Gasteiger partial charge in [-0.2, -0.15) is 0 Å². The lowest BCUT2D eigenvalue weighted by Gasteiger charge is -2.19. The zero-order valence-corrected chi connectivity index (χ0v) is 19.3. The summed E-state index contributed by atoms with van der Waals surface area (Å²) in [6.45, 7) is 2.04. The summed E-state index contributed by atoms with van der Waals surface area (Å²) in [5.41, 5.74) is 0.880. The lowest BCUT2D eigenvalue weighted by atomic mass is 10.0. The van der Waals surface area contributed by atoms with Gasteiger partial charge in [0.2, 0.25) is 0 Å². The van der Waals surface area contributed by atoms with E-state index in [4.69, 9.17) is 4.74 Å². The number of aliphatic hydroxyl groups is 2. The maximum Gasteiger partial charge on any atom is 0.407 e. The topological polar surface area (TPSA) is 78.8 Å². The Kier molecular flexibility index (Phi) is 16.6. The van der Waals surface area contributed by atoms with Crippen LogP contribution in [-0.4, -0.2) is 35.1 Å². The van der Waals surface area contributed by atoms with Crippen molar-refractivity contribution < 1.29 is 19.7 Å². The standard InChI is InChI=1S/C26H43NO4/c1-2-3-4-5-6-7-8-9-10-11-12-13-17-20-25(29)24(21-28)27-26(30)31-22-23-18-15-14-16-19-23/h14-20,24-25,28-29H,2-13,21-22H2,1H3,(H,27,30)/b20-17+/t24-,25-/m1/s1. The summed E-state index contributed by atoms with van der Waals surface area (Å²) in [5.74, 6) is 0. The van der Waals surface area contributed by atoms with Gasteiger partial charge in [0.1, 0.15) is 6.61 Å². The van der Waals surface area contributed by atoms with Crippen molar-refractivity contribution >= 4 is 6.09 Å². The number of hydrogen-bond donors (Lipinski definition) is 3. The van der Waals surface area contributed by atoms with Gasteiger partial charge >= 0.3 is 6.09 Å². The highest BCUT2D eigenvalue weighted by Gasteiger charge is 2.19. The Morgan fingerprint density at radius 2 is 1.55 bits per heavy atom. The van der Waals surface area contributed by atoms with Crippen molar-refractivity contribution in [1.82, 2.24) is 5.32 Å². The van der Waals surface area contributed by atoms with Crippen LogP contribution in [0.1, 0.15) is 89.5 Å². The molecule has 31 heavy (non-hydrogen) atoms. The predicted molar refractivity (Wildman–Crippen MR) is 127 cm³/mol. The third-order valence-corrected chi connectivity index (χ3v) is 5.43. The van der Waals surface area contributed by atoms with Gasteiger partial charge in [0.15, 0.2) is 0 Å². The molecule has 0 aliphatic carbocycles. The van der Waals surface area contributed by atoms with E-state index >= 15 is 0 Å². The number of benzene rings is 1. The van der Waals surface area contributed by atoms with E-state index in [0.717, 1.165) is 18.4 Å². The molecule has 1 aromatic carbocycles. The number of alkyl carbamates (subject to hydrolysis) is 1. The monoisotopic (exact) mass is 433 g/mol. The van der Waals surface area contributed by atoms with E-state index in [9.17, 15) is 15.0 Å². The minimum absolute atomic E-state index is 0.148. The van der Waals surface area contributed by atoms with E-state index in [-0.39, 0.29) is 13.2 Å². The second-order valence-electron chi connectivity index (χ2n) is 8.24. The molecule has 0 radical (unpaired) electrons. The molecule has 5 nitrogen and oxygen atoms in total. The number of aliphatic hydroxyl groups excluding tert-OH is 2. The summed E-state index contributed by atoms with van der Waals surface area (Å²) in [6, 6.07) is 8.59. The largest absolute Gasteiger partial charge is 0.445 e. The average molecular weight is 434 g/mol. The van der Waals surface area contributed by atoms with Crippen molar-refractivity contribution in [2.75, 3.05) is 6.61 Å². The molecule has 0 heterocycles. The Morgan fingerprint density at radius 1 is 0.968 bits per heavy atom. The van der Waals surface area contributed by atoms with Crippen LogP contribution in [0, 0.1) is 0 Å². The molecule has 0 aromatic heterocycles. The quantitative estimate of drug-likeness (QED) is 0.199. The number of amides is 1. The Hall–Kier alpha value is -1.85. The summed E-state index contributed by atoms with van der Waals surface area (Å²) in [4.78, 5) is 11.9. The molecule has 0 saturated heterocycles.